The van der Waals surface area contributed by atoms with Crippen LogP contribution in [0.2, 0.25) is 5.02 Å². The summed E-state index contributed by atoms with van der Waals surface area (Å²) in [7, 11) is 0. The Morgan fingerprint density at radius 3 is 2.74 bits per heavy atom. The number of rotatable bonds is 5. The molecule has 0 saturated carbocycles. The molecule has 2 aromatic rings. The van der Waals surface area contributed by atoms with Gasteiger partial charge < -0.3 is 15.2 Å². The maximum Gasteiger partial charge on any atom is 0.330 e. The number of nitrogens with zero attached hydrogens (tertiary/aromatic N) is 3. The summed E-state index contributed by atoms with van der Waals surface area (Å²) in [6, 6.07) is 7.10. The lowest BCUT2D eigenvalue weighted by molar-refractivity contribution is 0.285. The van der Waals surface area contributed by atoms with E-state index in [1.54, 1.807) is 24.3 Å². The number of benzene rings is 1. The molecule has 0 atom stereocenters. The van der Waals surface area contributed by atoms with Gasteiger partial charge in [-0.1, -0.05) is 24.6 Å². The van der Waals surface area contributed by atoms with Crippen LogP contribution in [0.1, 0.15) is 13.3 Å². The van der Waals surface area contributed by atoms with Crippen molar-refractivity contribution in [3.05, 3.63) is 29.3 Å². The molecule has 0 fully saturated rings. The zero-order valence-electron chi connectivity index (χ0n) is 10.3. The Labute approximate surface area is 115 Å². The summed E-state index contributed by atoms with van der Waals surface area (Å²) >= 11 is 5.86. The molecule has 0 spiro atoms. The van der Waals surface area contributed by atoms with Gasteiger partial charge in [0.15, 0.2) is 0 Å². The number of nitrogen functional groups attached to an aromatic ring is 1. The lowest BCUT2D eigenvalue weighted by atomic mass is 10.3. The Hall–Kier alpha value is -2.08. The van der Waals surface area contributed by atoms with Crippen molar-refractivity contribution in [1.29, 1.82) is 0 Å². The predicted octanol–water partition coefficient (Wildman–Crippen LogP) is 2.69. The second-order valence-electron chi connectivity index (χ2n) is 3.67. The first-order valence-corrected chi connectivity index (χ1v) is 6.13. The highest BCUT2D eigenvalue weighted by atomic mass is 35.5. The minimum Gasteiger partial charge on any atom is -0.463 e. The van der Waals surface area contributed by atoms with Crippen LogP contribution in [0.5, 0.6) is 17.8 Å². The van der Waals surface area contributed by atoms with E-state index < -0.39 is 0 Å². The molecule has 0 amide bonds. The fraction of sp³-hybridized carbons (Fsp3) is 0.250. The average Bonchev–Trinajstić information content (AvgIpc) is 2.35. The van der Waals surface area contributed by atoms with Crippen LogP contribution in [0.3, 0.4) is 0 Å². The van der Waals surface area contributed by atoms with Gasteiger partial charge in [-0.2, -0.15) is 9.97 Å². The number of halogens is 1. The van der Waals surface area contributed by atoms with Crippen molar-refractivity contribution >= 4 is 17.5 Å². The number of hydrogen-bond donors (Lipinski definition) is 1. The van der Waals surface area contributed by atoms with Crippen molar-refractivity contribution in [2.24, 2.45) is 0 Å². The van der Waals surface area contributed by atoms with Gasteiger partial charge in [-0.25, -0.2) is 0 Å². The third-order valence-corrected chi connectivity index (χ3v) is 2.29. The number of hydrogen-bond acceptors (Lipinski definition) is 6. The standard InChI is InChI=1S/C12H13ClN4O2/c1-2-6-18-11-15-10(14)16-12(17-11)19-9-5-3-4-8(13)7-9/h3-5,7H,2,6H2,1H3,(H2,14,15,16,17). The molecule has 6 nitrogen and oxygen atoms in total. The Bertz CT molecular complexity index is 565. The second-order valence-corrected chi connectivity index (χ2v) is 4.10. The minimum absolute atomic E-state index is 0.0399. The molecule has 2 rings (SSSR count). The van der Waals surface area contributed by atoms with Gasteiger partial charge in [-0.3, -0.25) is 0 Å². The topological polar surface area (TPSA) is 83.2 Å². The first kappa shape index (κ1) is 13.4. The van der Waals surface area contributed by atoms with E-state index >= 15 is 0 Å². The average molecular weight is 281 g/mol. The molecule has 0 aliphatic heterocycles. The normalized spacial score (nSPS) is 10.2. The highest BCUT2D eigenvalue weighted by molar-refractivity contribution is 6.30. The molecule has 100 valence electrons. The first-order valence-electron chi connectivity index (χ1n) is 5.75. The van der Waals surface area contributed by atoms with E-state index in [0.29, 0.717) is 17.4 Å². The molecule has 0 saturated heterocycles. The Morgan fingerprint density at radius 2 is 2.00 bits per heavy atom. The molecule has 7 heteroatoms. The summed E-state index contributed by atoms with van der Waals surface area (Å²) in [5.74, 6) is 0.553. The number of anilines is 1. The summed E-state index contributed by atoms with van der Waals surface area (Å²) < 4.78 is 10.7. The summed E-state index contributed by atoms with van der Waals surface area (Å²) in [6.07, 6.45) is 0.843. The zero-order valence-corrected chi connectivity index (χ0v) is 11.1. The van der Waals surface area contributed by atoms with Crippen molar-refractivity contribution in [2.45, 2.75) is 13.3 Å². The van der Waals surface area contributed by atoms with Crippen LogP contribution < -0.4 is 15.2 Å². The van der Waals surface area contributed by atoms with E-state index in [2.05, 4.69) is 15.0 Å². The molecule has 2 N–H and O–H groups in total. The molecule has 0 aliphatic rings. The van der Waals surface area contributed by atoms with Crippen molar-refractivity contribution in [1.82, 2.24) is 15.0 Å². The van der Waals surface area contributed by atoms with Crippen LogP contribution >= 0.6 is 11.6 Å². The van der Waals surface area contributed by atoms with Gasteiger partial charge in [-0.05, 0) is 24.6 Å². The highest BCUT2D eigenvalue weighted by Gasteiger charge is 2.07. The van der Waals surface area contributed by atoms with E-state index in [9.17, 15) is 0 Å². The quantitative estimate of drug-likeness (QED) is 0.906. The minimum atomic E-state index is 0.0399. The van der Waals surface area contributed by atoms with Crippen molar-refractivity contribution in [3.8, 4) is 17.8 Å². The van der Waals surface area contributed by atoms with Crippen molar-refractivity contribution in [2.75, 3.05) is 12.3 Å². The molecular formula is C12H13ClN4O2. The maximum atomic E-state index is 5.86. The Morgan fingerprint density at radius 1 is 1.21 bits per heavy atom. The summed E-state index contributed by atoms with van der Waals surface area (Å²) in [5, 5.41) is 0.557. The number of aromatic nitrogens is 3. The first-order chi connectivity index (χ1) is 9.17. The van der Waals surface area contributed by atoms with Crippen molar-refractivity contribution in [3.63, 3.8) is 0 Å². The fourth-order valence-corrected chi connectivity index (χ4v) is 1.47. The van der Waals surface area contributed by atoms with Gasteiger partial charge in [0.2, 0.25) is 5.95 Å². The molecule has 1 aromatic carbocycles. The lowest BCUT2D eigenvalue weighted by Gasteiger charge is -2.07. The Kier molecular flexibility index (Phi) is 4.35. The van der Waals surface area contributed by atoms with Crippen LogP contribution in [0.15, 0.2) is 24.3 Å². The molecule has 1 aromatic heterocycles. The van der Waals surface area contributed by atoms with Crippen LogP contribution in [0, 0.1) is 0 Å². The van der Waals surface area contributed by atoms with Crippen LogP contribution in [0.25, 0.3) is 0 Å². The van der Waals surface area contributed by atoms with Gasteiger partial charge in [0.1, 0.15) is 5.75 Å². The van der Waals surface area contributed by atoms with Gasteiger partial charge in [0, 0.05) is 5.02 Å². The van der Waals surface area contributed by atoms with Crippen LogP contribution in [0.4, 0.5) is 5.95 Å². The maximum absolute atomic E-state index is 5.86. The summed E-state index contributed by atoms with van der Waals surface area (Å²) in [4.78, 5) is 11.7. The van der Waals surface area contributed by atoms with E-state index in [0.717, 1.165) is 6.42 Å². The van der Waals surface area contributed by atoms with Gasteiger partial charge in [-0.15, -0.1) is 4.98 Å². The van der Waals surface area contributed by atoms with Gasteiger partial charge in [0.05, 0.1) is 6.61 Å². The highest BCUT2D eigenvalue weighted by Crippen LogP contribution is 2.22. The largest absolute Gasteiger partial charge is 0.463 e. The van der Waals surface area contributed by atoms with Crippen molar-refractivity contribution < 1.29 is 9.47 Å². The summed E-state index contributed by atoms with van der Waals surface area (Å²) in [5.41, 5.74) is 5.57. The van der Waals surface area contributed by atoms with E-state index in [1.807, 2.05) is 6.92 Å². The van der Waals surface area contributed by atoms with E-state index in [-0.39, 0.29) is 18.0 Å². The molecular weight excluding hydrogens is 268 g/mol. The number of nitrogens with two attached hydrogens (primary N) is 1. The molecule has 0 radical (unpaired) electrons. The number of ether oxygens (including phenoxy) is 2. The fourth-order valence-electron chi connectivity index (χ4n) is 1.29. The molecule has 19 heavy (non-hydrogen) atoms. The zero-order chi connectivity index (χ0) is 13.7. The van der Waals surface area contributed by atoms with Crippen LogP contribution in [-0.4, -0.2) is 21.6 Å². The Balaban J connectivity index is 2.17. The SMILES string of the molecule is CCCOc1nc(N)nc(Oc2cccc(Cl)c2)n1. The van der Waals surface area contributed by atoms with Gasteiger partial charge in [0.25, 0.3) is 0 Å². The molecule has 0 aliphatic carbocycles. The van der Waals surface area contributed by atoms with E-state index in [4.69, 9.17) is 26.8 Å². The lowest BCUT2D eigenvalue weighted by Crippen LogP contribution is -2.05. The van der Waals surface area contributed by atoms with E-state index in [1.165, 1.54) is 0 Å². The monoisotopic (exact) mass is 280 g/mol. The third kappa shape index (κ3) is 3.96. The molecule has 0 bridgehead atoms. The summed E-state index contributed by atoms with van der Waals surface area (Å²) in [6.45, 7) is 2.48. The molecule has 1 heterocycles. The van der Waals surface area contributed by atoms with Crippen LogP contribution in [-0.2, 0) is 0 Å². The third-order valence-electron chi connectivity index (χ3n) is 2.05. The predicted molar refractivity (Wildman–Crippen MR) is 71.6 cm³/mol. The smallest absolute Gasteiger partial charge is 0.330 e. The van der Waals surface area contributed by atoms with Gasteiger partial charge >= 0.3 is 12.0 Å². The second kappa shape index (κ2) is 6.19. The molecule has 0 unspecified atom stereocenters.